The van der Waals surface area contributed by atoms with E-state index in [-0.39, 0.29) is 24.6 Å². The maximum Gasteiger partial charge on any atom is 0.160 e. The minimum Gasteiger partial charge on any atom is -0.497 e. The van der Waals surface area contributed by atoms with Crippen molar-refractivity contribution in [1.82, 2.24) is 5.32 Å². The Kier molecular flexibility index (Phi) is 7.83. The topological polar surface area (TPSA) is 33.7 Å². The van der Waals surface area contributed by atoms with E-state index in [0.29, 0.717) is 31.9 Å². The molecule has 0 radical (unpaired) electrons. The molecule has 0 aromatic heterocycles. The number of nitrogens with one attached hydrogen (secondary N) is 1. The maximum absolute atomic E-state index is 13.5. The molecule has 1 heterocycles. The molecule has 0 bridgehead atoms. The van der Waals surface area contributed by atoms with Gasteiger partial charge in [-0.1, -0.05) is 12.1 Å². The molecule has 0 spiro atoms. The first-order valence-corrected chi connectivity index (χ1v) is 8.75. The number of hydrogen-bond donors (Lipinski definition) is 1. The summed E-state index contributed by atoms with van der Waals surface area (Å²) >= 11 is 0. The second-order valence-corrected chi connectivity index (χ2v) is 6.44. The van der Waals surface area contributed by atoms with E-state index in [1.54, 1.807) is 13.2 Å². The van der Waals surface area contributed by atoms with Crippen molar-refractivity contribution in [3.63, 3.8) is 0 Å². The lowest BCUT2D eigenvalue weighted by Crippen LogP contribution is -2.47. The van der Waals surface area contributed by atoms with E-state index < -0.39 is 11.6 Å². The Morgan fingerprint density at radius 1 is 1.22 bits per heavy atom. The molecule has 27 heavy (non-hydrogen) atoms. The van der Waals surface area contributed by atoms with Crippen molar-refractivity contribution in [3.05, 3.63) is 59.7 Å². The molecule has 1 fully saturated rings. The van der Waals surface area contributed by atoms with E-state index >= 15 is 0 Å². The molecule has 4 nitrogen and oxygen atoms in total. The number of morpholine rings is 1. The zero-order valence-electron chi connectivity index (χ0n) is 15.5. The first kappa shape index (κ1) is 21.4. The fourth-order valence-electron chi connectivity index (χ4n) is 3.10. The molecule has 2 unspecified atom stereocenters. The van der Waals surface area contributed by atoms with Gasteiger partial charge in [-0.2, -0.15) is 0 Å². The molecular formula is C20H25ClF2N2O2. The molecule has 148 valence electrons. The van der Waals surface area contributed by atoms with E-state index in [4.69, 9.17) is 9.47 Å². The van der Waals surface area contributed by atoms with Crippen molar-refractivity contribution >= 4 is 18.1 Å². The Morgan fingerprint density at radius 3 is 2.78 bits per heavy atom. The fourth-order valence-corrected chi connectivity index (χ4v) is 3.10. The third-order valence-corrected chi connectivity index (χ3v) is 4.65. The first-order chi connectivity index (χ1) is 12.6. The second-order valence-electron chi connectivity index (χ2n) is 6.44. The van der Waals surface area contributed by atoms with Crippen LogP contribution in [0.4, 0.5) is 14.5 Å². The molecule has 0 amide bonds. The highest BCUT2D eigenvalue weighted by Gasteiger charge is 2.22. The van der Waals surface area contributed by atoms with E-state index in [1.165, 1.54) is 6.07 Å². The summed E-state index contributed by atoms with van der Waals surface area (Å²) in [6.07, 6.45) is -0.0232. The predicted octanol–water partition coefficient (Wildman–Crippen LogP) is 3.95. The van der Waals surface area contributed by atoms with Crippen LogP contribution in [0.2, 0.25) is 0 Å². The van der Waals surface area contributed by atoms with Crippen molar-refractivity contribution in [2.75, 3.05) is 38.3 Å². The van der Waals surface area contributed by atoms with E-state index in [1.807, 2.05) is 23.1 Å². The minimum absolute atomic E-state index is 0. The Balaban J connectivity index is 0.00000261. The Morgan fingerprint density at radius 2 is 2.04 bits per heavy atom. The van der Waals surface area contributed by atoms with Crippen molar-refractivity contribution in [1.29, 1.82) is 0 Å². The molecule has 1 saturated heterocycles. The van der Waals surface area contributed by atoms with Crippen LogP contribution >= 0.6 is 12.4 Å². The number of methoxy groups -OCH3 is 1. The SMILES string of the molecule is COc1cccc(C(C)NCC2CN(c3ccc(F)c(F)c3)CCO2)c1.Cl. The average Bonchev–Trinajstić information content (AvgIpc) is 2.68. The van der Waals surface area contributed by atoms with Gasteiger partial charge in [-0.15, -0.1) is 12.4 Å². The van der Waals surface area contributed by atoms with Gasteiger partial charge in [0, 0.05) is 37.4 Å². The van der Waals surface area contributed by atoms with Crippen LogP contribution in [0.1, 0.15) is 18.5 Å². The number of anilines is 1. The molecule has 7 heteroatoms. The zero-order chi connectivity index (χ0) is 18.5. The Bertz CT molecular complexity index is 748. The number of benzene rings is 2. The molecule has 2 atom stereocenters. The summed E-state index contributed by atoms with van der Waals surface area (Å²) in [6.45, 7) is 4.60. The summed E-state index contributed by atoms with van der Waals surface area (Å²) in [4.78, 5) is 2.02. The first-order valence-electron chi connectivity index (χ1n) is 8.75. The largest absolute Gasteiger partial charge is 0.497 e. The average molecular weight is 399 g/mol. The van der Waals surface area contributed by atoms with Gasteiger partial charge in [-0.25, -0.2) is 8.78 Å². The van der Waals surface area contributed by atoms with Crippen molar-refractivity contribution in [2.45, 2.75) is 19.1 Å². The van der Waals surface area contributed by atoms with Gasteiger partial charge in [-0.3, -0.25) is 0 Å². The number of nitrogens with zero attached hydrogens (tertiary/aromatic N) is 1. The number of halogens is 3. The van der Waals surface area contributed by atoms with Crippen molar-refractivity contribution < 1.29 is 18.3 Å². The fraction of sp³-hybridized carbons (Fsp3) is 0.400. The summed E-state index contributed by atoms with van der Waals surface area (Å²) in [6, 6.07) is 12.1. The van der Waals surface area contributed by atoms with Gasteiger partial charge in [0.25, 0.3) is 0 Å². The molecule has 3 rings (SSSR count). The predicted molar refractivity (Wildman–Crippen MR) is 105 cm³/mol. The van der Waals surface area contributed by atoms with E-state index in [2.05, 4.69) is 18.3 Å². The second kappa shape index (κ2) is 9.88. The smallest absolute Gasteiger partial charge is 0.160 e. The lowest BCUT2D eigenvalue weighted by Gasteiger charge is -2.35. The third-order valence-electron chi connectivity index (χ3n) is 4.65. The van der Waals surface area contributed by atoms with Gasteiger partial charge in [0.1, 0.15) is 5.75 Å². The normalized spacial score (nSPS) is 17.9. The van der Waals surface area contributed by atoms with Crippen LogP contribution in [0.3, 0.4) is 0 Å². The molecule has 0 aliphatic carbocycles. The lowest BCUT2D eigenvalue weighted by atomic mass is 10.1. The summed E-state index contributed by atoms with van der Waals surface area (Å²) < 4.78 is 37.7. The molecule has 1 aliphatic rings. The van der Waals surface area contributed by atoms with Gasteiger partial charge >= 0.3 is 0 Å². The van der Waals surface area contributed by atoms with Crippen LogP contribution in [0.25, 0.3) is 0 Å². The summed E-state index contributed by atoms with van der Waals surface area (Å²) in [5.41, 5.74) is 1.82. The van der Waals surface area contributed by atoms with E-state index in [9.17, 15) is 8.78 Å². The van der Waals surface area contributed by atoms with Crippen LogP contribution in [0, 0.1) is 11.6 Å². The van der Waals surface area contributed by atoms with Crippen LogP contribution in [-0.4, -0.2) is 39.5 Å². The van der Waals surface area contributed by atoms with Gasteiger partial charge in [0.2, 0.25) is 0 Å². The molecule has 2 aromatic rings. The highest BCUT2D eigenvalue weighted by atomic mass is 35.5. The summed E-state index contributed by atoms with van der Waals surface area (Å²) in [5, 5.41) is 3.47. The quantitative estimate of drug-likeness (QED) is 0.798. The molecule has 1 N–H and O–H groups in total. The minimum atomic E-state index is -0.827. The van der Waals surface area contributed by atoms with Crippen LogP contribution in [0.15, 0.2) is 42.5 Å². The standard InChI is InChI=1S/C20H24F2N2O2.ClH/c1-14(15-4-3-5-17(10-15)25-2)23-12-18-13-24(8-9-26-18)16-6-7-19(21)20(22)11-16;/h3-7,10-11,14,18,23H,8-9,12-13H2,1-2H3;1H. The maximum atomic E-state index is 13.5. The zero-order valence-corrected chi connectivity index (χ0v) is 16.3. The highest BCUT2D eigenvalue weighted by Crippen LogP contribution is 2.22. The summed E-state index contributed by atoms with van der Waals surface area (Å²) in [7, 11) is 1.65. The Hall–Kier alpha value is -1.89. The number of hydrogen-bond acceptors (Lipinski definition) is 4. The number of ether oxygens (including phenoxy) is 2. The van der Waals surface area contributed by atoms with Gasteiger partial charge in [-0.05, 0) is 36.8 Å². The van der Waals surface area contributed by atoms with Gasteiger partial charge in [0.05, 0.1) is 19.8 Å². The molecular weight excluding hydrogens is 374 g/mol. The Labute approximate surface area is 164 Å². The highest BCUT2D eigenvalue weighted by molar-refractivity contribution is 5.85. The summed E-state index contributed by atoms with van der Waals surface area (Å²) in [5.74, 6) is -0.822. The third kappa shape index (κ3) is 5.54. The molecule has 2 aromatic carbocycles. The van der Waals surface area contributed by atoms with Crippen molar-refractivity contribution in [3.8, 4) is 5.75 Å². The van der Waals surface area contributed by atoms with Crippen LogP contribution in [-0.2, 0) is 4.74 Å². The number of rotatable bonds is 6. The van der Waals surface area contributed by atoms with Crippen LogP contribution in [0.5, 0.6) is 5.75 Å². The van der Waals surface area contributed by atoms with Gasteiger partial charge < -0.3 is 19.7 Å². The monoisotopic (exact) mass is 398 g/mol. The van der Waals surface area contributed by atoms with E-state index in [0.717, 1.165) is 17.4 Å². The molecule has 0 saturated carbocycles. The van der Waals surface area contributed by atoms with Gasteiger partial charge in [0.15, 0.2) is 11.6 Å². The van der Waals surface area contributed by atoms with Crippen LogP contribution < -0.4 is 15.0 Å². The lowest BCUT2D eigenvalue weighted by molar-refractivity contribution is 0.0394. The van der Waals surface area contributed by atoms with Crippen molar-refractivity contribution in [2.24, 2.45) is 0 Å². The molecule has 1 aliphatic heterocycles.